The minimum Gasteiger partial charge on any atom is -0.312 e. The molecule has 2 aliphatic carbocycles. The van der Waals surface area contributed by atoms with E-state index in [1.165, 1.54) is 76.0 Å². The number of hydrogen-bond acceptors (Lipinski definition) is 2. The number of hydrogen-bond donors (Lipinski definition) is 0. The van der Waals surface area contributed by atoms with Crippen LogP contribution in [-0.2, 0) is 11.8 Å². The first-order valence-corrected chi connectivity index (χ1v) is 17.7. The summed E-state index contributed by atoms with van der Waals surface area (Å²) in [5, 5.41) is 4.03. The molecule has 0 atom stereocenters. The zero-order chi connectivity index (χ0) is 32.0. The Balaban J connectivity index is 1.14. The van der Waals surface area contributed by atoms with Crippen molar-refractivity contribution in [1.82, 2.24) is 4.57 Å². The van der Waals surface area contributed by atoms with Crippen LogP contribution in [0.3, 0.4) is 0 Å². The number of nitrogens with zero attached hydrogens (tertiary/aromatic N) is 2. The second kappa shape index (κ2) is 10.3. The standard InChI is InChI=1S/C45H34N2S/c1-45(2)39-17-9-6-14-33(39)34-25-24-32(28-40(34)45)46(29-12-4-3-5-13-29)30-20-22-31(23-21-30)47-41-18-10-7-15-35(41)37-26-27-38-36-16-8-11-19-42(36)48-44(38)43(37)47/h3-9,11-17,19-28H,10,18H2,1-2H3. The van der Waals surface area contributed by atoms with Crippen molar-refractivity contribution in [3.8, 4) is 16.8 Å². The topological polar surface area (TPSA) is 8.17 Å². The van der Waals surface area contributed by atoms with Crippen LogP contribution in [0.2, 0.25) is 0 Å². The quantitative estimate of drug-likeness (QED) is 0.187. The van der Waals surface area contributed by atoms with Crippen LogP contribution < -0.4 is 4.90 Å². The Morgan fingerprint density at radius 1 is 0.625 bits per heavy atom. The first-order valence-electron chi connectivity index (χ1n) is 16.9. The average Bonchev–Trinajstić information content (AvgIpc) is 3.75. The van der Waals surface area contributed by atoms with Crippen molar-refractivity contribution in [2.45, 2.75) is 32.1 Å². The average molecular weight is 635 g/mol. The van der Waals surface area contributed by atoms with Gasteiger partial charge in [-0.2, -0.15) is 0 Å². The molecule has 2 heterocycles. The second-order valence-electron chi connectivity index (χ2n) is 13.7. The minimum absolute atomic E-state index is 0.0604. The summed E-state index contributed by atoms with van der Waals surface area (Å²) < 4.78 is 5.27. The fourth-order valence-electron chi connectivity index (χ4n) is 8.37. The number of para-hydroxylation sites is 1. The van der Waals surface area contributed by atoms with Gasteiger partial charge in [-0.15, -0.1) is 11.3 Å². The fraction of sp³-hybridized carbons (Fsp3) is 0.111. The maximum absolute atomic E-state index is 2.55. The van der Waals surface area contributed by atoms with Crippen molar-refractivity contribution < 1.29 is 0 Å². The van der Waals surface area contributed by atoms with Crippen LogP contribution in [0.5, 0.6) is 0 Å². The SMILES string of the molecule is CC1(C)c2ccccc2-c2ccc(N(c3ccccc3)c3ccc(-n4c5c(c6ccc7c8ccccc8sc7c64)C=CCC5)cc3)cc21. The van der Waals surface area contributed by atoms with Crippen molar-refractivity contribution in [3.63, 3.8) is 0 Å². The van der Waals surface area contributed by atoms with Gasteiger partial charge in [0.25, 0.3) is 0 Å². The van der Waals surface area contributed by atoms with Gasteiger partial charge in [-0.1, -0.05) is 105 Å². The van der Waals surface area contributed by atoms with Crippen molar-refractivity contribution in [1.29, 1.82) is 0 Å². The summed E-state index contributed by atoms with van der Waals surface area (Å²) in [4.78, 5) is 2.40. The van der Waals surface area contributed by atoms with Gasteiger partial charge >= 0.3 is 0 Å². The third kappa shape index (κ3) is 3.91. The maximum Gasteiger partial charge on any atom is 0.0716 e. The fourth-order valence-corrected chi connectivity index (χ4v) is 9.61. The van der Waals surface area contributed by atoms with E-state index in [0.29, 0.717) is 0 Å². The van der Waals surface area contributed by atoms with E-state index in [2.05, 4.69) is 169 Å². The molecule has 0 saturated heterocycles. The highest BCUT2D eigenvalue weighted by Crippen LogP contribution is 2.51. The molecule has 10 rings (SSSR count). The molecule has 3 heteroatoms. The third-order valence-corrected chi connectivity index (χ3v) is 11.8. The maximum atomic E-state index is 2.55. The second-order valence-corrected chi connectivity index (χ2v) is 14.7. The number of benzene rings is 6. The molecule has 6 aromatic carbocycles. The molecule has 8 aromatic rings. The molecule has 0 N–H and O–H groups in total. The molecule has 0 amide bonds. The lowest BCUT2D eigenvalue weighted by Crippen LogP contribution is -2.16. The van der Waals surface area contributed by atoms with Gasteiger partial charge < -0.3 is 9.47 Å². The lowest BCUT2D eigenvalue weighted by Gasteiger charge is -2.28. The zero-order valence-electron chi connectivity index (χ0n) is 27.1. The van der Waals surface area contributed by atoms with E-state index >= 15 is 0 Å². The first kappa shape index (κ1) is 27.7. The zero-order valence-corrected chi connectivity index (χ0v) is 27.9. The number of aromatic nitrogens is 1. The largest absolute Gasteiger partial charge is 0.312 e. The van der Waals surface area contributed by atoms with Crippen LogP contribution in [0, 0.1) is 0 Å². The van der Waals surface area contributed by atoms with Gasteiger partial charge in [0.1, 0.15) is 0 Å². The van der Waals surface area contributed by atoms with Gasteiger partial charge in [-0.3, -0.25) is 0 Å². The molecule has 2 nitrogen and oxygen atoms in total. The van der Waals surface area contributed by atoms with Gasteiger partial charge in [0.15, 0.2) is 0 Å². The van der Waals surface area contributed by atoms with E-state index in [1.807, 2.05) is 11.3 Å². The monoisotopic (exact) mass is 634 g/mol. The minimum atomic E-state index is -0.0604. The molecule has 230 valence electrons. The highest BCUT2D eigenvalue weighted by Gasteiger charge is 2.35. The van der Waals surface area contributed by atoms with Crippen LogP contribution in [0.25, 0.3) is 54.0 Å². The molecular weight excluding hydrogens is 601 g/mol. The first-order chi connectivity index (χ1) is 23.6. The Hall–Kier alpha value is -5.38. The van der Waals surface area contributed by atoms with Crippen LogP contribution in [-0.4, -0.2) is 4.57 Å². The highest BCUT2D eigenvalue weighted by atomic mass is 32.1. The van der Waals surface area contributed by atoms with Gasteiger partial charge in [-0.25, -0.2) is 0 Å². The van der Waals surface area contributed by atoms with E-state index < -0.39 is 0 Å². The lowest BCUT2D eigenvalue weighted by atomic mass is 9.82. The molecule has 0 bridgehead atoms. The molecule has 0 aliphatic heterocycles. The Morgan fingerprint density at radius 3 is 2.21 bits per heavy atom. The van der Waals surface area contributed by atoms with E-state index in [-0.39, 0.29) is 5.41 Å². The lowest BCUT2D eigenvalue weighted by molar-refractivity contribution is 0.660. The summed E-state index contributed by atoms with van der Waals surface area (Å²) >= 11 is 1.92. The normalized spacial score (nSPS) is 14.4. The molecule has 2 aromatic heterocycles. The Morgan fingerprint density at radius 2 is 1.33 bits per heavy atom. The van der Waals surface area contributed by atoms with E-state index in [0.717, 1.165) is 24.2 Å². The van der Waals surface area contributed by atoms with E-state index in [9.17, 15) is 0 Å². The molecule has 48 heavy (non-hydrogen) atoms. The van der Waals surface area contributed by atoms with Crippen molar-refractivity contribution in [2.75, 3.05) is 4.90 Å². The molecule has 0 spiro atoms. The van der Waals surface area contributed by atoms with Gasteiger partial charge in [-0.05, 0) is 89.7 Å². The van der Waals surface area contributed by atoms with Gasteiger partial charge in [0, 0.05) is 60.3 Å². The van der Waals surface area contributed by atoms with Crippen LogP contribution in [0.1, 0.15) is 42.7 Å². The number of thiophene rings is 1. The van der Waals surface area contributed by atoms with Crippen molar-refractivity contribution >= 4 is 65.6 Å². The van der Waals surface area contributed by atoms with Crippen LogP contribution in [0.4, 0.5) is 17.1 Å². The smallest absolute Gasteiger partial charge is 0.0716 e. The molecule has 2 aliphatic rings. The summed E-state index contributed by atoms with van der Waals surface area (Å²) in [6.07, 6.45) is 6.78. The van der Waals surface area contributed by atoms with E-state index in [4.69, 9.17) is 0 Å². The van der Waals surface area contributed by atoms with Gasteiger partial charge in [0.2, 0.25) is 0 Å². The number of rotatable bonds is 4. The number of fused-ring (bicyclic) bond motifs is 10. The molecule has 0 saturated carbocycles. The predicted molar refractivity (Wildman–Crippen MR) is 206 cm³/mol. The highest BCUT2D eigenvalue weighted by molar-refractivity contribution is 7.26. The van der Waals surface area contributed by atoms with Gasteiger partial charge in [0.05, 0.1) is 10.2 Å². The van der Waals surface area contributed by atoms with Crippen LogP contribution >= 0.6 is 11.3 Å². The Bertz CT molecular complexity index is 2580. The van der Waals surface area contributed by atoms with Crippen molar-refractivity contribution in [2.24, 2.45) is 0 Å². The summed E-state index contributed by atoms with van der Waals surface area (Å²) in [5.41, 5.74) is 14.2. The van der Waals surface area contributed by atoms with Crippen molar-refractivity contribution in [3.05, 3.63) is 162 Å². The summed E-state index contributed by atoms with van der Waals surface area (Å²) in [7, 11) is 0. The van der Waals surface area contributed by atoms with E-state index in [1.54, 1.807) is 0 Å². The predicted octanol–water partition coefficient (Wildman–Crippen LogP) is 12.7. The number of anilines is 3. The number of allylic oxidation sites excluding steroid dienone is 1. The summed E-state index contributed by atoms with van der Waals surface area (Å²) in [6.45, 7) is 4.71. The third-order valence-electron chi connectivity index (χ3n) is 10.7. The molecule has 0 fully saturated rings. The summed E-state index contributed by atoms with van der Waals surface area (Å²) in [5.74, 6) is 0. The Kier molecular flexibility index (Phi) is 5.95. The van der Waals surface area contributed by atoms with Crippen LogP contribution in [0.15, 0.2) is 140 Å². The summed E-state index contributed by atoms with van der Waals surface area (Å²) in [6, 6.07) is 49.4. The molecular formula is C45H34N2S. The molecule has 0 unspecified atom stereocenters. The molecule has 0 radical (unpaired) electrons. The Labute approximate surface area is 284 Å².